The fraction of sp³-hybridized carbons (Fsp3) is 0.133. The maximum Gasteiger partial charge on any atom is 0.170 e. The molecule has 0 amide bonds. The zero-order valence-corrected chi connectivity index (χ0v) is 13.1. The number of methoxy groups -OCH3 is 1. The van der Waals surface area contributed by atoms with E-state index in [1.165, 1.54) is 0 Å². The minimum Gasteiger partial charge on any atom is -0.496 e. The van der Waals surface area contributed by atoms with Crippen LogP contribution in [-0.4, -0.2) is 18.2 Å². The van der Waals surface area contributed by atoms with Crippen molar-refractivity contribution in [1.29, 1.82) is 0 Å². The predicted octanol–water partition coefficient (Wildman–Crippen LogP) is 3.16. The normalized spacial score (nSPS) is 11.2. The molecule has 0 saturated heterocycles. The van der Waals surface area contributed by atoms with Crippen LogP contribution in [0.4, 0.5) is 5.69 Å². The number of oxime groups is 1. The summed E-state index contributed by atoms with van der Waals surface area (Å²) in [4.78, 5) is 0. The molecule has 110 valence electrons. The Labute approximate surface area is 131 Å². The molecule has 0 heterocycles. The van der Waals surface area contributed by atoms with E-state index in [0.29, 0.717) is 12.1 Å². The molecule has 21 heavy (non-hydrogen) atoms. The third-order valence-corrected chi connectivity index (χ3v) is 3.66. The van der Waals surface area contributed by atoms with Crippen molar-refractivity contribution < 1.29 is 9.94 Å². The first-order chi connectivity index (χ1) is 10.2. The van der Waals surface area contributed by atoms with E-state index in [4.69, 9.17) is 15.7 Å². The molecule has 0 aliphatic heterocycles. The average molecular weight is 350 g/mol. The molecule has 0 unspecified atom stereocenters. The quantitative estimate of drug-likeness (QED) is 0.335. The van der Waals surface area contributed by atoms with E-state index in [1.807, 2.05) is 42.5 Å². The Hall–Kier alpha value is -2.21. The summed E-state index contributed by atoms with van der Waals surface area (Å²) in [5, 5.41) is 15.2. The molecule has 2 aromatic rings. The van der Waals surface area contributed by atoms with Crippen molar-refractivity contribution in [1.82, 2.24) is 0 Å². The Morgan fingerprint density at radius 2 is 2.10 bits per heavy atom. The van der Waals surface area contributed by atoms with Gasteiger partial charge in [0.1, 0.15) is 5.75 Å². The molecule has 0 spiro atoms. The van der Waals surface area contributed by atoms with Crippen molar-refractivity contribution in [3.63, 3.8) is 0 Å². The van der Waals surface area contributed by atoms with Crippen LogP contribution in [0.3, 0.4) is 0 Å². The van der Waals surface area contributed by atoms with Gasteiger partial charge in [-0.2, -0.15) is 0 Å². The number of rotatable bonds is 5. The average Bonchev–Trinajstić information content (AvgIpc) is 2.52. The molecular formula is C15H16BrN3O2. The van der Waals surface area contributed by atoms with Crippen LogP contribution in [0, 0.1) is 0 Å². The Bertz CT molecular complexity index is 659. The highest BCUT2D eigenvalue weighted by molar-refractivity contribution is 9.10. The topological polar surface area (TPSA) is 79.9 Å². The maximum atomic E-state index is 8.81. The lowest BCUT2D eigenvalue weighted by Gasteiger charge is -2.12. The molecule has 6 heteroatoms. The highest BCUT2D eigenvalue weighted by atomic mass is 79.9. The molecule has 0 fully saturated rings. The van der Waals surface area contributed by atoms with Crippen LogP contribution in [0.5, 0.6) is 5.75 Å². The van der Waals surface area contributed by atoms with Crippen molar-refractivity contribution >= 4 is 27.5 Å². The summed E-state index contributed by atoms with van der Waals surface area (Å²) < 4.78 is 6.07. The monoisotopic (exact) mass is 349 g/mol. The number of hydrogen-bond acceptors (Lipinski definition) is 4. The van der Waals surface area contributed by atoms with Gasteiger partial charge >= 0.3 is 0 Å². The first-order valence-electron chi connectivity index (χ1n) is 6.29. The zero-order chi connectivity index (χ0) is 15.2. The number of anilines is 1. The first kappa shape index (κ1) is 15.2. The molecule has 0 radical (unpaired) electrons. The van der Waals surface area contributed by atoms with Crippen molar-refractivity contribution in [2.24, 2.45) is 10.9 Å². The van der Waals surface area contributed by atoms with Gasteiger partial charge in [0.05, 0.1) is 11.6 Å². The zero-order valence-electron chi connectivity index (χ0n) is 11.5. The van der Waals surface area contributed by atoms with Gasteiger partial charge in [-0.15, -0.1) is 0 Å². The molecule has 2 aromatic carbocycles. The van der Waals surface area contributed by atoms with Gasteiger partial charge in [-0.3, -0.25) is 0 Å². The van der Waals surface area contributed by atoms with Crippen LogP contribution in [0.25, 0.3) is 0 Å². The van der Waals surface area contributed by atoms with E-state index in [-0.39, 0.29) is 5.84 Å². The summed E-state index contributed by atoms with van der Waals surface area (Å²) in [5.74, 6) is 0.876. The highest BCUT2D eigenvalue weighted by Crippen LogP contribution is 2.28. The van der Waals surface area contributed by atoms with Crippen LogP contribution in [0.2, 0.25) is 0 Å². The molecule has 0 atom stereocenters. The van der Waals surface area contributed by atoms with E-state index in [2.05, 4.69) is 26.4 Å². The molecule has 0 aromatic heterocycles. The Morgan fingerprint density at radius 3 is 2.76 bits per heavy atom. The van der Waals surface area contributed by atoms with Crippen molar-refractivity contribution in [3.8, 4) is 5.75 Å². The summed E-state index contributed by atoms with van der Waals surface area (Å²) in [7, 11) is 1.63. The number of benzene rings is 2. The molecule has 0 aliphatic rings. The van der Waals surface area contributed by atoms with E-state index in [0.717, 1.165) is 21.5 Å². The third-order valence-electron chi connectivity index (χ3n) is 3.04. The lowest BCUT2D eigenvalue weighted by Crippen LogP contribution is -2.16. The molecule has 0 bridgehead atoms. The Balaban J connectivity index is 2.15. The summed E-state index contributed by atoms with van der Waals surface area (Å²) in [5.41, 5.74) is 8.27. The van der Waals surface area contributed by atoms with E-state index < -0.39 is 0 Å². The number of nitrogens with two attached hydrogens (primary N) is 1. The number of hydrogen-bond donors (Lipinski definition) is 3. The summed E-state index contributed by atoms with van der Waals surface area (Å²) in [6, 6.07) is 13.2. The lowest BCUT2D eigenvalue weighted by molar-refractivity contribution is 0.318. The van der Waals surface area contributed by atoms with E-state index in [1.54, 1.807) is 7.11 Å². The Kier molecular flexibility index (Phi) is 5.05. The van der Waals surface area contributed by atoms with Gasteiger partial charge in [0.15, 0.2) is 5.84 Å². The minimum absolute atomic E-state index is 0.100. The smallest absolute Gasteiger partial charge is 0.170 e. The highest BCUT2D eigenvalue weighted by Gasteiger charge is 2.07. The number of halogens is 1. The summed E-state index contributed by atoms with van der Waals surface area (Å²) >= 11 is 3.45. The van der Waals surface area contributed by atoms with Crippen LogP contribution >= 0.6 is 15.9 Å². The SMILES string of the molecule is COc1ccc(NCc2ccccc2C(N)=NO)cc1Br. The van der Waals surface area contributed by atoms with Gasteiger partial charge in [0, 0.05) is 17.8 Å². The Morgan fingerprint density at radius 1 is 1.33 bits per heavy atom. The molecule has 5 nitrogen and oxygen atoms in total. The van der Waals surface area contributed by atoms with Gasteiger partial charge in [0.25, 0.3) is 0 Å². The number of nitrogens with zero attached hydrogens (tertiary/aromatic N) is 1. The van der Waals surface area contributed by atoms with Gasteiger partial charge in [-0.25, -0.2) is 0 Å². The van der Waals surface area contributed by atoms with Crippen molar-refractivity contribution in [3.05, 3.63) is 58.1 Å². The molecule has 0 saturated carbocycles. The molecule has 4 N–H and O–H groups in total. The molecular weight excluding hydrogens is 334 g/mol. The number of nitrogens with one attached hydrogen (secondary N) is 1. The molecule has 0 aliphatic carbocycles. The van der Waals surface area contributed by atoms with E-state index in [9.17, 15) is 0 Å². The fourth-order valence-electron chi connectivity index (χ4n) is 1.95. The van der Waals surface area contributed by atoms with Crippen LogP contribution in [-0.2, 0) is 6.54 Å². The van der Waals surface area contributed by atoms with Crippen LogP contribution in [0.1, 0.15) is 11.1 Å². The van der Waals surface area contributed by atoms with E-state index >= 15 is 0 Å². The van der Waals surface area contributed by atoms with Crippen molar-refractivity contribution in [2.45, 2.75) is 6.54 Å². The summed E-state index contributed by atoms with van der Waals surface area (Å²) in [6.45, 7) is 0.561. The van der Waals surface area contributed by atoms with Gasteiger partial charge < -0.3 is 21.0 Å². The second-order valence-corrected chi connectivity index (χ2v) is 5.20. The largest absolute Gasteiger partial charge is 0.496 e. The standard InChI is InChI=1S/C15H16BrN3O2/c1-21-14-7-6-11(8-13(14)16)18-9-10-4-2-3-5-12(10)15(17)19-20/h2-8,18,20H,9H2,1H3,(H2,17,19). The number of ether oxygens (including phenoxy) is 1. The predicted molar refractivity (Wildman–Crippen MR) is 87.0 cm³/mol. The number of amidine groups is 1. The van der Waals surface area contributed by atoms with Gasteiger partial charge in [0.2, 0.25) is 0 Å². The third kappa shape index (κ3) is 3.66. The minimum atomic E-state index is 0.100. The first-order valence-corrected chi connectivity index (χ1v) is 7.08. The van der Waals surface area contributed by atoms with Crippen LogP contribution < -0.4 is 15.8 Å². The second-order valence-electron chi connectivity index (χ2n) is 4.35. The fourth-order valence-corrected chi connectivity index (χ4v) is 2.49. The van der Waals surface area contributed by atoms with Gasteiger partial charge in [-0.1, -0.05) is 29.4 Å². The van der Waals surface area contributed by atoms with Gasteiger partial charge in [-0.05, 0) is 39.7 Å². The lowest BCUT2D eigenvalue weighted by atomic mass is 10.1. The second kappa shape index (κ2) is 6.99. The summed E-state index contributed by atoms with van der Waals surface area (Å²) in [6.07, 6.45) is 0. The molecule has 2 rings (SSSR count). The maximum absolute atomic E-state index is 8.81. The van der Waals surface area contributed by atoms with Crippen molar-refractivity contribution in [2.75, 3.05) is 12.4 Å². The van der Waals surface area contributed by atoms with Crippen LogP contribution in [0.15, 0.2) is 52.1 Å².